The Morgan fingerprint density at radius 3 is 2.00 bits per heavy atom. The third-order valence-corrected chi connectivity index (χ3v) is 6.70. The van der Waals surface area contributed by atoms with E-state index in [1.807, 2.05) is 88.3 Å². The van der Waals surface area contributed by atoms with Crippen molar-refractivity contribution in [1.82, 2.24) is 9.88 Å². The van der Waals surface area contributed by atoms with Gasteiger partial charge in [0.15, 0.2) is 0 Å². The van der Waals surface area contributed by atoms with Crippen LogP contribution in [0.4, 0.5) is 9.59 Å². The van der Waals surface area contributed by atoms with Crippen LogP contribution in [0.25, 0.3) is 22.2 Å². The third-order valence-electron chi connectivity index (χ3n) is 6.70. The maximum absolute atomic E-state index is 13.8. The SMILES string of the molecule is Cc1cc(C)cc(-c2c(C(C)CNC(=O)OC(C)(C)C)c3cc(C(C)(C)CO)ccc3n2C(=O)OC(C)(C)C)c1. The molecule has 1 unspecified atom stereocenters. The Kier molecular flexibility index (Phi) is 8.80. The summed E-state index contributed by atoms with van der Waals surface area (Å²) in [4.78, 5) is 26.4. The van der Waals surface area contributed by atoms with E-state index in [4.69, 9.17) is 9.47 Å². The molecule has 0 saturated carbocycles. The number of benzene rings is 2. The van der Waals surface area contributed by atoms with E-state index >= 15 is 0 Å². The summed E-state index contributed by atoms with van der Waals surface area (Å²) in [6.45, 7) is 21.4. The van der Waals surface area contributed by atoms with Gasteiger partial charge in [0.1, 0.15) is 11.2 Å². The molecule has 218 valence electrons. The van der Waals surface area contributed by atoms with Gasteiger partial charge in [-0.25, -0.2) is 14.2 Å². The average molecular weight is 551 g/mol. The van der Waals surface area contributed by atoms with Gasteiger partial charge >= 0.3 is 12.2 Å². The second-order valence-corrected chi connectivity index (χ2v) is 13.5. The second-order valence-electron chi connectivity index (χ2n) is 13.5. The number of aryl methyl sites for hydroxylation is 2. The van der Waals surface area contributed by atoms with Crippen LogP contribution in [0.2, 0.25) is 0 Å². The molecule has 0 aliphatic rings. The molecule has 7 nitrogen and oxygen atoms in total. The summed E-state index contributed by atoms with van der Waals surface area (Å²) in [5.41, 5.74) is 4.53. The number of amides is 1. The van der Waals surface area contributed by atoms with E-state index in [9.17, 15) is 14.7 Å². The topological polar surface area (TPSA) is 89.8 Å². The quantitative estimate of drug-likeness (QED) is 0.330. The highest BCUT2D eigenvalue weighted by Crippen LogP contribution is 2.41. The van der Waals surface area contributed by atoms with Crippen LogP contribution < -0.4 is 5.32 Å². The van der Waals surface area contributed by atoms with Crippen LogP contribution in [0, 0.1) is 13.8 Å². The lowest BCUT2D eigenvalue weighted by molar-refractivity contribution is 0.0518. The minimum atomic E-state index is -0.698. The van der Waals surface area contributed by atoms with Gasteiger partial charge in [-0.3, -0.25) is 0 Å². The minimum absolute atomic E-state index is 0.0275. The molecule has 3 rings (SSSR count). The molecule has 1 amide bonds. The van der Waals surface area contributed by atoms with E-state index in [1.54, 1.807) is 4.57 Å². The number of ether oxygens (including phenoxy) is 2. The number of fused-ring (bicyclic) bond motifs is 1. The normalized spacial score (nSPS) is 13.3. The van der Waals surface area contributed by atoms with Crippen LogP contribution in [0.5, 0.6) is 0 Å². The molecule has 0 spiro atoms. The van der Waals surface area contributed by atoms with Crippen molar-refractivity contribution >= 4 is 23.1 Å². The number of alkyl carbamates (subject to hydrolysis) is 1. The summed E-state index contributed by atoms with van der Waals surface area (Å²) in [5, 5.41) is 13.9. The molecule has 1 heterocycles. The van der Waals surface area contributed by atoms with E-state index < -0.39 is 28.8 Å². The number of aliphatic hydroxyl groups is 1. The Labute approximate surface area is 238 Å². The molecule has 0 radical (unpaired) electrons. The average Bonchev–Trinajstić information content (AvgIpc) is 3.14. The predicted molar refractivity (Wildman–Crippen MR) is 161 cm³/mol. The molecule has 0 fully saturated rings. The van der Waals surface area contributed by atoms with Crippen molar-refractivity contribution in [2.75, 3.05) is 13.2 Å². The second kappa shape index (κ2) is 11.3. The zero-order valence-corrected chi connectivity index (χ0v) is 26.0. The Balaban J connectivity index is 2.34. The van der Waals surface area contributed by atoms with Gasteiger partial charge in [-0.15, -0.1) is 0 Å². The number of nitrogens with one attached hydrogen (secondary N) is 1. The van der Waals surface area contributed by atoms with E-state index in [0.29, 0.717) is 12.1 Å². The van der Waals surface area contributed by atoms with Gasteiger partial charge < -0.3 is 19.9 Å². The molecule has 1 atom stereocenters. The summed E-state index contributed by atoms with van der Waals surface area (Å²) >= 11 is 0. The maximum atomic E-state index is 13.8. The molecule has 2 aromatic carbocycles. The molecular weight excluding hydrogens is 504 g/mol. The first-order valence-electron chi connectivity index (χ1n) is 13.9. The van der Waals surface area contributed by atoms with Crippen LogP contribution in [0.1, 0.15) is 90.5 Å². The fourth-order valence-corrected chi connectivity index (χ4v) is 4.87. The fraction of sp³-hybridized carbons (Fsp3) is 0.515. The summed E-state index contributed by atoms with van der Waals surface area (Å²) in [7, 11) is 0. The van der Waals surface area contributed by atoms with Gasteiger partial charge in [0.05, 0.1) is 17.8 Å². The summed E-state index contributed by atoms with van der Waals surface area (Å²) in [6.07, 6.45) is -0.968. The minimum Gasteiger partial charge on any atom is -0.444 e. The molecule has 0 bridgehead atoms. The molecule has 3 aromatic rings. The number of hydrogen-bond donors (Lipinski definition) is 2. The monoisotopic (exact) mass is 550 g/mol. The summed E-state index contributed by atoms with van der Waals surface area (Å²) < 4.78 is 13.0. The Morgan fingerprint density at radius 2 is 1.48 bits per heavy atom. The smallest absolute Gasteiger partial charge is 0.419 e. The molecular formula is C33H46N2O5. The maximum Gasteiger partial charge on any atom is 0.419 e. The zero-order valence-electron chi connectivity index (χ0n) is 26.0. The van der Waals surface area contributed by atoms with Crippen LogP contribution in [0.3, 0.4) is 0 Å². The van der Waals surface area contributed by atoms with Crippen molar-refractivity contribution in [3.8, 4) is 11.3 Å². The van der Waals surface area contributed by atoms with Crippen molar-refractivity contribution in [3.05, 3.63) is 58.7 Å². The van der Waals surface area contributed by atoms with Crippen LogP contribution in [-0.4, -0.2) is 46.2 Å². The molecule has 40 heavy (non-hydrogen) atoms. The van der Waals surface area contributed by atoms with Crippen molar-refractivity contribution in [2.45, 2.75) is 98.7 Å². The van der Waals surface area contributed by atoms with Gasteiger partial charge in [-0.05, 0) is 96.3 Å². The van der Waals surface area contributed by atoms with E-state index in [-0.39, 0.29) is 12.5 Å². The Bertz CT molecular complexity index is 1380. The van der Waals surface area contributed by atoms with Crippen LogP contribution in [-0.2, 0) is 14.9 Å². The number of rotatable bonds is 6. The molecule has 0 saturated heterocycles. The number of aliphatic hydroxyl groups excluding tert-OH is 1. The van der Waals surface area contributed by atoms with Gasteiger partial charge in [0.25, 0.3) is 0 Å². The number of aromatic nitrogens is 1. The number of hydrogen-bond acceptors (Lipinski definition) is 5. The lowest BCUT2D eigenvalue weighted by Gasteiger charge is -2.23. The lowest BCUT2D eigenvalue weighted by Crippen LogP contribution is -2.34. The van der Waals surface area contributed by atoms with Gasteiger partial charge in [0.2, 0.25) is 0 Å². The van der Waals surface area contributed by atoms with Gasteiger partial charge in [-0.1, -0.05) is 44.0 Å². The third kappa shape index (κ3) is 7.25. The Hall–Kier alpha value is -3.32. The molecule has 2 N–H and O–H groups in total. The highest BCUT2D eigenvalue weighted by molar-refractivity contribution is 6.00. The summed E-state index contributed by atoms with van der Waals surface area (Å²) in [6, 6.07) is 12.2. The van der Waals surface area contributed by atoms with Crippen LogP contribution in [0.15, 0.2) is 36.4 Å². The highest BCUT2D eigenvalue weighted by Gasteiger charge is 2.31. The van der Waals surface area contributed by atoms with Crippen molar-refractivity contribution in [3.63, 3.8) is 0 Å². The largest absolute Gasteiger partial charge is 0.444 e. The predicted octanol–water partition coefficient (Wildman–Crippen LogP) is 7.61. The van der Waals surface area contributed by atoms with Gasteiger partial charge in [-0.2, -0.15) is 0 Å². The molecule has 1 aromatic heterocycles. The lowest BCUT2D eigenvalue weighted by atomic mass is 9.84. The highest BCUT2D eigenvalue weighted by atomic mass is 16.6. The first-order valence-corrected chi connectivity index (χ1v) is 13.9. The van der Waals surface area contributed by atoms with Crippen molar-refractivity contribution in [1.29, 1.82) is 0 Å². The van der Waals surface area contributed by atoms with Crippen molar-refractivity contribution < 1.29 is 24.2 Å². The first-order chi connectivity index (χ1) is 18.3. The first kappa shape index (κ1) is 31.2. The van der Waals surface area contributed by atoms with Gasteiger partial charge in [0, 0.05) is 23.3 Å². The van der Waals surface area contributed by atoms with Crippen LogP contribution >= 0.6 is 0 Å². The number of nitrogens with zero attached hydrogens (tertiary/aromatic N) is 1. The zero-order chi connectivity index (χ0) is 30.2. The molecule has 7 heteroatoms. The van der Waals surface area contributed by atoms with E-state index in [2.05, 4.69) is 29.6 Å². The molecule has 0 aliphatic heterocycles. The number of carbonyl (C=O) groups is 2. The fourth-order valence-electron chi connectivity index (χ4n) is 4.87. The van der Waals surface area contributed by atoms with Crippen molar-refractivity contribution in [2.24, 2.45) is 0 Å². The Morgan fingerprint density at radius 1 is 0.900 bits per heavy atom. The summed E-state index contributed by atoms with van der Waals surface area (Å²) in [5.74, 6) is -0.193. The van der Waals surface area contributed by atoms with E-state index in [1.165, 1.54) is 0 Å². The standard InChI is InChI=1S/C33H46N2O5/c1-20-14-21(2)16-23(15-20)28-27(22(3)18-34-29(37)39-31(4,5)6)25-17-24(33(10,11)19-36)12-13-26(25)35(28)30(38)40-32(7,8)9/h12-17,22,36H,18-19H2,1-11H3,(H,34,37). The molecule has 0 aliphatic carbocycles. The van der Waals surface area contributed by atoms with E-state index in [0.717, 1.165) is 38.9 Å². The number of carbonyl (C=O) groups excluding carboxylic acids is 2.